The SMILES string of the molecule is COc1cc(NCc2ccccn2)cc([N+](=O)[O-])c1. The highest BCUT2D eigenvalue weighted by atomic mass is 16.6. The van der Waals surface area contributed by atoms with Crippen LogP contribution >= 0.6 is 0 Å². The highest BCUT2D eigenvalue weighted by molar-refractivity contribution is 5.56. The van der Waals surface area contributed by atoms with Crippen molar-refractivity contribution in [3.05, 3.63) is 58.4 Å². The smallest absolute Gasteiger partial charge is 0.275 e. The summed E-state index contributed by atoms with van der Waals surface area (Å²) >= 11 is 0. The number of pyridine rings is 1. The number of nitro benzene ring substituents is 1. The van der Waals surface area contributed by atoms with E-state index in [1.165, 1.54) is 19.2 Å². The molecule has 19 heavy (non-hydrogen) atoms. The molecule has 6 heteroatoms. The summed E-state index contributed by atoms with van der Waals surface area (Å²) < 4.78 is 5.04. The van der Waals surface area contributed by atoms with Crippen LogP contribution in [0.4, 0.5) is 11.4 Å². The Morgan fingerprint density at radius 3 is 2.84 bits per heavy atom. The normalized spacial score (nSPS) is 9.95. The van der Waals surface area contributed by atoms with Crippen molar-refractivity contribution < 1.29 is 9.66 Å². The molecule has 0 atom stereocenters. The summed E-state index contributed by atoms with van der Waals surface area (Å²) in [5, 5.41) is 13.9. The van der Waals surface area contributed by atoms with Crippen LogP contribution in [-0.4, -0.2) is 17.0 Å². The minimum absolute atomic E-state index is 0.0112. The maximum absolute atomic E-state index is 10.8. The van der Waals surface area contributed by atoms with Crippen LogP contribution in [0.1, 0.15) is 5.69 Å². The predicted molar refractivity (Wildman–Crippen MR) is 71.2 cm³/mol. The zero-order valence-electron chi connectivity index (χ0n) is 10.4. The molecule has 2 rings (SSSR count). The molecule has 1 N–H and O–H groups in total. The van der Waals surface area contributed by atoms with Gasteiger partial charge in [-0.1, -0.05) is 6.07 Å². The van der Waals surface area contributed by atoms with E-state index >= 15 is 0 Å². The summed E-state index contributed by atoms with van der Waals surface area (Å²) in [5.74, 6) is 0.442. The molecule has 0 aliphatic rings. The van der Waals surface area contributed by atoms with Gasteiger partial charge in [0.2, 0.25) is 0 Å². The number of hydrogen-bond acceptors (Lipinski definition) is 5. The third-order valence-corrected chi connectivity index (χ3v) is 2.54. The number of ether oxygens (including phenoxy) is 1. The van der Waals surface area contributed by atoms with Gasteiger partial charge in [-0.15, -0.1) is 0 Å². The molecule has 0 saturated carbocycles. The molecule has 0 spiro atoms. The van der Waals surface area contributed by atoms with Gasteiger partial charge in [0.1, 0.15) is 5.75 Å². The average Bonchev–Trinajstić information content (AvgIpc) is 2.45. The molecule has 6 nitrogen and oxygen atoms in total. The number of hydrogen-bond donors (Lipinski definition) is 1. The first-order valence-corrected chi connectivity index (χ1v) is 5.66. The fourth-order valence-electron chi connectivity index (χ4n) is 1.60. The molecule has 0 amide bonds. The van der Waals surface area contributed by atoms with Gasteiger partial charge < -0.3 is 10.1 Å². The van der Waals surface area contributed by atoms with Crippen molar-refractivity contribution in [2.24, 2.45) is 0 Å². The van der Waals surface area contributed by atoms with Gasteiger partial charge in [0, 0.05) is 24.0 Å². The van der Waals surface area contributed by atoms with Gasteiger partial charge in [-0.3, -0.25) is 15.1 Å². The van der Waals surface area contributed by atoms with Gasteiger partial charge in [-0.25, -0.2) is 0 Å². The molecular weight excluding hydrogens is 246 g/mol. The Bertz CT molecular complexity index is 573. The maximum atomic E-state index is 10.8. The van der Waals surface area contributed by atoms with Gasteiger partial charge in [-0.05, 0) is 12.1 Å². The van der Waals surface area contributed by atoms with Crippen LogP contribution in [0.2, 0.25) is 0 Å². The van der Waals surface area contributed by atoms with Crippen LogP contribution in [0.15, 0.2) is 42.6 Å². The standard InChI is InChI=1S/C13H13N3O3/c1-19-13-7-11(6-12(8-13)16(17)18)15-9-10-4-2-3-5-14-10/h2-8,15H,9H2,1H3. The number of nitrogens with one attached hydrogen (secondary N) is 1. The van der Waals surface area contributed by atoms with E-state index in [1.54, 1.807) is 12.3 Å². The van der Waals surface area contributed by atoms with Crippen molar-refractivity contribution in [1.29, 1.82) is 0 Å². The molecule has 1 aromatic carbocycles. The molecule has 0 fully saturated rings. The van der Waals surface area contributed by atoms with Crippen molar-refractivity contribution in [2.75, 3.05) is 12.4 Å². The topological polar surface area (TPSA) is 77.3 Å². The van der Waals surface area contributed by atoms with Gasteiger partial charge in [0.05, 0.1) is 30.3 Å². The van der Waals surface area contributed by atoms with Crippen LogP contribution < -0.4 is 10.1 Å². The number of rotatable bonds is 5. The number of nitro groups is 1. The summed E-state index contributed by atoms with van der Waals surface area (Å²) in [5.41, 5.74) is 1.47. The van der Waals surface area contributed by atoms with E-state index in [0.717, 1.165) is 5.69 Å². The number of methoxy groups -OCH3 is 1. The number of benzene rings is 1. The number of non-ortho nitro benzene ring substituents is 1. The Hall–Kier alpha value is -2.63. The fourth-order valence-corrected chi connectivity index (χ4v) is 1.60. The van der Waals surface area contributed by atoms with E-state index in [-0.39, 0.29) is 5.69 Å². The highest BCUT2D eigenvalue weighted by Crippen LogP contribution is 2.25. The van der Waals surface area contributed by atoms with Crippen LogP contribution in [0.3, 0.4) is 0 Å². The van der Waals surface area contributed by atoms with E-state index < -0.39 is 4.92 Å². The largest absolute Gasteiger partial charge is 0.496 e. The van der Waals surface area contributed by atoms with E-state index in [0.29, 0.717) is 18.0 Å². The van der Waals surface area contributed by atoms with Crippen molar-refractivity contribution >= 4 is 11.4 Å². The number of aromatic nitrogens is 1. The molecule has 0 aliphatic heterocycles. The molecule has 0 aliphatic carbocycles. The first-order valence-electron chi connectivity index (χ1n) is 5.66. The lowest BCUT2D eigenvalue weighted by Crippen LogP contribution is -2.02. The van der Waals surface area contributed by atoms with Crippen LogP contribution in [0.5, 0.6) is 5.75 Å². The lowest BCUT2D eigenvalue weighted by atomic mass is 10.2. The van der Waals surface area contributed by atoms with Crippen LogP contribution in [-0.2, 0) is 6.54 Å². The maximum Gasteiger partial charge on any atom is 0.275 e. The lowest BCUT2D eigenvalue weighted by molar-refractivity contribution is -0.384. The molecule has 0 bridgehead atoms. The van der Waals surface area contributed by atoms with Gasteiger partial charge in [0.15, 0.2) is 0 Å². The number of nitrogens with zero attached hydrogens (tertiary/aromatic N) is 2. The Labute approximate surface area is 110 Å². The van der Waals surface area contributed by atoms with Gasteiger partial charge in [-0.2, -0.15) is 0 Å². The lowest BCUT2D eigenvalue weighted by Gasteiger charge is -2.08. The second-order valence-corrected chi connectivity index (χ2v) is 3.85. The zero-order chi connectivity index (χ0) is 13.7. The molecule has 2 aromatic rings. The van der Waals surface area contributed by atoms with E-state index in [1.807, 2.05) is 18.2 Å². The van der Waals surface area contributed by atoms with Crippen LogP contribution in [0.25, 0.3) is 0 Å². The first-order chi connectivity index (χ1) is 9.19. The Morgan fingerprint density at radius 2 is 2.21 bits per heavy atom. The van der Waals surface area contributed by atoms with Crippen molar-refractivity contribution in [3.8, 4) is 5.75 Å². The number of anilines is 1. The molecule has 0 radical (unpaired) electrons. The monoisotopic (exact) mass is 259 g/mol. The summed E-state index contributed by atoms with van der Waals surface area (Å²) in [6, 6.07) is 10.1. The summed E-state index contributed by atoms with van der Waals surface area (Å²) in [4.78, 5) is 14.5. The van der Waals surface area contributed by atoms with E-state index in [9.17, 15) is 10.1 Å². The van der Waals surface area contributed by atoms with Gasteiger partial charge >= 0.3 is 0 Å². The van der Waals surface area contributed by atoms with Gasteiger partial charge in [0.25, 0.3) is 5.69 Å². The second kappa shape index (κ2) is 5.81. The van der Waals surface area contributed by atoms with Crippen molar-refractivity contribution in [1.82, 2.24) is 4.98 Å². The summed E-state index contributed by atoms with van der Waals surface area (Å²) in [7, 11) is 1.47. The van der Waals surface area contributed by atoms with Crippen LogP contribution in [0, 0.1) is 10.1 Å². The summed E-state index contributed by atoms with van der Waals surface area (Å²) in [6.45, 7) is 0.491. The quantitative estimate of drug-likeness (QED) is 0.659. The predicted octanol–water partition coefficient (Wildman–Crippen LogP) is 2.61. The third kappa shape index (κ3) is 3.41. The Morgan fingerprint density at radius 1 is 1.37 bits per heavy atom. The Kier molecular flexibility index (Phi) is 3.92. The zero-order valence-corrected chi connectivity index (χ0v) is 10.4. The second-order valence-electron chi connectivity index (χ2n) is 3.85. The minimum Gasteiger partial charge on any atom is -0.496 e. The van der Waals surface area contributed by atoms with E-state index in [4.69, 9.17) is 4.74 Å². The minimum atomic E-state index is -0.450. The molecule has 1 heterocycles. The Balaban J connectivity index is 2.15. The molecule has 98 valence electrons. The first kappa shape index (κ1) is 12.8. The molecule has 1 aromatic heterocycles. The molecule has 0 unspecified atom stereocenters. The fraction of sp³-hybridized carbons (Fsp3) is 0.154. The summed E-state index contributed by atoms with van der Waals surface area (Å²) in [6.07, 6.45) is 1.70. The molecular formula is C13H13N3O3. The van der Waals surface area contributed by atoms with E-state index in [2.05, 4.69) is 10.3 Å². The van der Waals surface area contributed by atoms with Crippen molar-refractivity contribution in [2.45, 2.75) is 6.54 Å². The van der Waals surface area contributed by atoms with Crippen molar-refractivity contribution in [3.63, 3.8) is 0 Å². The third-order valence-electron chi connectivity index (χ3n) is 2.54. The average molecular weight is 259 g/mol. The highest BCUT2D eigenvalue weighted by Gasteiger charge is 2.10. The molecule has 0 saturated heterocycles.